The van der Waals surface area contributed by atoms with Gasteiger partial charge in [-0.15, -0.1) is 0 Å². The molecule has 7 heteroatoms. The zero-order valence-corrected chi connectivity index (χ0v) is 10.1. The maximum atomic E-state index is 13.0. The molecule has 0 bridgehead atoms. The van der Waals surface area contributed by atoms with Crippen molar-refractivity contribution in [2.45, 2.75) is 13.3 Å². The van der Waals surface area contributed by atoms with E-state index < -0.39 is 17.8 Å². The number of aromatic nitrogens is 1. The minimum absolute atomic E-state index is 0.0429. The molecule has 1 heterocycles. The van der Waals surface area contributed by atoms with Gasteiger partial charge in [-0.05, 0) is 18.6 Å². The van der Waals surface area contributed by atoms with Crippen LogP contribution in [0, 0.1) is 5.82 Å². The molecule has 1 N–H and O–H groups in total. The molecule has 0 spiro atoms. The van der Waals surface area contributed by atoms with Crippen molar-refractivity contribution in [1.29, 1.82) is 0 Å². The average Bonchev–Trinajstić information content (AvgIpc) is 2.77. The third kappa shape index (κ3) is 2.54. The van der Waals surface area contributed by atoms with Gasteiger partial charge in [0.25, 0.3) is 5.89 Å². The Bertz CT molecular complexity index is 638. The summed E-state index contributed by atoms with van der Waals surface area (Å²) in [4.78, 5) is 27.3. The van der Waals surface area contributed by atoms with Gasteiger partial charge >= 0.3 is 12.0 Å². The Balaban J connectivity index is 2.37. The molecule has 0 unspecified atom stereocenters. The van der Waals surface area contributed by atoms with E-state index in [1.54, 1.807) is 6.92 Å². The van der Waals surface area contributed by atoms with Gasteiger partial charge in [-0.1, -0.05) is 6.92 Å². The first-order valence-corrected chi connectivity index (χ1v) is 5.63. The molecule has 1 aromatic carbocycles. The van der Waals surface area contributed by atoms with Crippen molar-refractivity contribution in [3.63, 3.8) is 0 Å². The zero-order valence-electron chi connectivity index (χ0n) is 10.1. The van der Waals surface area contributed by atoms with Crippen LogP contribution in [0.2, 0.25) is 0 Å². The number of oxazole rings is 1. The molecule has 2 rings (SSSR count). The van der Waals surface area contributed by atoms with E-state index >= 15 is 0 Å². The van der Waals surface area contributed by atoms with Crippen LogP contribution in [0.1, 0.15) is 24.0 Å². The molecule has 1 aromatic heterocycles. The lowest BCUT2D eigenvalue weighted by Crippen LogP contribution is -2.36. The number of halogens is 1. The van der Waals surface area contributed by atoms with Crippen molar-refractivity contribution in [2.75, 3.05) is 6.54 Å². The van der Waals surface area contributed by atoms with E-state index in [9.17, 15) is 14.0 Å². The highest BCUT2D eigenvalue weighted by molar-refractivity contribution is 6.00. The predicted molar refractivity (Wildman–Crippen MR) is 63.3 cm³/mol. The highest BCUT2D eigenvalue weighted by Gasteiger charge is 2.26. The van der Waals surface area contributed by atoms with Crippen molar-refractivity contribution in [1.82, 2.24) is 9.88 Å². The van der Waals surface area contributed by atoms with Gasteiger partial charge in [0.15, 0.2) is 5.58 Å². The lowest BCUT2D eigenvalue weighted by Gasteiger charge is -2.13. The summed E-state index contributed by atoms with van der Waals surface area (Å²) in [6, 6.07) is 3.63. The van der Waals surface area contributed by atoms with Gasteiger partial charge in [0.1, 0.15) is 11.3 Å². The second-order valence-corrected chi connectivity index (χ2v) is 3.87. The molecular formula is C12H11FN2O4. The van der Waals surface area contributed by atoms with Crippen LogP contribution >= 0.6 is 0 Å². The number of rotatable bonds is 3. The number of carbonyl (C=O) groups is 2. The summed E-state index contributed by atoms with van der Waals surface area (Å²) in [6.07, 6.45) is -0.896. The maximum Gasteiger partial charge on any atom is 0.414 e. The number of amides is 2. The highest BCUT2D eigenvalue weighted by atomic mass is 19.1. The monoisotopic (exact) mass is 266 g/mol. The van der Waals surface area contributed by atoms with Gasteiger partial charge in [-0.3, -0.25) is 4.79 Å². The van der Waals surface area contributed by atoms with Gasteiger partial charge < -0.3 is 9.52 Å². The number of benzene rings is 1. The fourth-order valence-electron chi connectivity index (χ4n) is 1.61. The number of carbonyl (C=O) groups excluding carboxylic acids is 1. The van der Waals surface area contributed by atoms with Gasteiger partial charge in [0, 0.05) is 12.6 Å². The fourth-order valence-corrected chi connectivity index (χ4v) is 1.61. The third-order valence-corrected chi connectivity index (χ3v) is 2.46. The van der Waals surface area contributed by atoms with Gasteiger partial charge in [0.05, 0.1) is 0 Å². The van der Waals surface area contributed by atoms with Crippen LogP contribution in [0.4, 0.5) is 9.18 Å². The maximum absolute atomic E-state index is 13.0. The Morgan fingerprint density at radius 1 is 1.47 bits per heavy atom. The first-order valence-electron chi connectivity index (χ1n) is 5.63. The molecule has 0 aliphatic rings. The molecule has 0 aliphatic heterocycles. The Kier molecular flexibility index (Phi) is 3.46. The van der Waals surface area contributed by atoms with Crippen LogP contribution in [0.5, 0.6) is 0 Å². The fraction of sp³-hybridized carbons (Fsp3) is 0.250. The number of hydrogen-bond acceptors (Lipinski definition) is 4. The molecule has 2 aromatic rings. The minimum atomic E-state index is -1.37. The third-order valence-electron chi connectivity index (χ3n) is 2.46. The molecule has 19 heavy (non-hydrogen) atoms. The molecule has 0 saturated heterocycles. The Morgan fingerprint density at radius 2 is 2.21 bits per heavy atom. The molecular weight excluding hydrogens is 255 g/mol. The summed E-state index contributed by atoms with van der Waals surface area (Å²) < 4.78 is 18.1. The van der Waals surface area contributed by atoms with Crippen molar-refractivity contribution < 1.29 is 23.5 Å². The number of hydrogen-bond donors (Lipinski definition) is 1. The minimum Gasteiger partial charge on any atom is -0.465 e. The predicted octanol–water partition coefficient (Wildman–Crippen LogP) is 2.50. The van der Waals surface area contributed by atoms with Crippen LogP contribution in [0.15, 0.2) is 22.6 Å². The van der Waals surface area contributed by atoms with Crippen molar-refractivity contribution in [3.05, 3.63) is 29.9 Å². The van der Waals surface area contributed by atoms with Crippen molar-refractivity contribution in [3.8, 4) is 0 Å². The summed E-state index contributed by atoms with van der Waals surface area (Å²) in [5, 5.41) is 8.93. The van der Waals surface area contributed by atoms with E-state index in [2.05, 4.69) is 4.98 Å². The quantitative estimate of drug-likeness (QED) is 0.922. The lowest BCUT2D eigenvalue weighted by atomic mass is 10.3. The molecule has 100 valence electrons. The van der Waals surface area contributed by atoms with E-state index in [0.717, 1.165) is 6.07 Å². The van der Waals surface area contributed by atoms with Gasteiger partial charge in [0.2, 0.25) is 0 Å². The topological polar surface area (TPSA) is 83.6 Å². The first-order chi connectivity index (χ1) is 9.02. The smallest absolute Gasteiger partial charge is 0.414 e. The summed E-state index contributed by atoms with van der Waals surface area (Å²) in [7, 11) is 0. The van der Waals surface area contributed by atoms with E-state index in [1.165, 1.54) is 12.1 Å². The Hall–Kier alpha value is -2.44. The molecule has 6 nitrogen and oxygen atoms in total. The highest BCUT2D eigenvalue weighted by Crippen LogP contribution is 2.18. The largest absolute Gasteiger partial charge is 0.465 e. The second-order valence-electron chi connectivity index (χ2n) is 3.87. The van der Waals surface area contributed by atoms with E-state index in [0.29, 0.717) is 16.8 Å². The number of carboxylic acid groups (broad SMARTS) is 1. The number of imide groups is 1. The van der Waals surface area contributed by atoms with Crippen molar-refractivity contribution >= 4 is 23.1 Å². The summed E-state index contributed by atoms with van der Waals surface area (Å²) in [5.41, 5.74) is 0.400. The summed E-state index contributed by atoms with van der Waals surface area (Å²) in [5.74, 6) is -1.74. The van der Waals surface area contributed by atoms with Crippen LogP contribution < -0.4 is 0 Å². The normalized spacial score (nSPS) is 10.6. The van der Waals surface area contributed by atoms with Crippen LogP contribution in [0.25, 0.3) is 11.1 Å². The molecule has 2 amide bonds. The summed E-state index contributed by atoms with van der Waals surface area (Å²) in [6.45, 7) is 1.78. The molecule has 0 fully saturated rings. The van der Waals surface area contributed by atoms with E-state index in [4.69, 9.17) is 9.52 Å². The van der Waals surface area contributed by atoms with Crippen LogP contribution in [-0.2, 0) is 0 Å². The SMILES string of the molecule is CCCN(C(=O)O)C(=O)c1nc2ccc(F)cc2o1. The van der Waals surface area contributed by atoms with E-state index in [-0.39, 0.29) is 18.0 Å². The molecule has 0 atom stereocenters. The standard InChI is InChI=1S/C12H11FN2O4/c1-2-5-15(12(17)18)11(16)10-14-8-4-3-7(13)6-9(8)19-10/h3-4,6H,2,5H2,1H3,(H,17,18). The summed E-state index contributed by atoms with van der Waals surface area (Å²) >= 11 is 0. The zero-order chi connectivity index (χ0) is 14.0. The van der Waals surface area contributed by atoms with Crippen LogP contribution in [0.3, 0.4) is 0 Å². The van der Waals surface area contributed by atoms with Crippen molar-refractivity contribution in [2.24, 2.45) is 0 Å². The Labute approximate surface area is 107 Å². The molecule has 0 radical (unpaired) electrons. The number of fused-ring (bicyclic) bond motifs is 1. The Morgan fingerprint density at radius 3 is 2.84 bits per heavy atom. The average molecular weight is 266 g/mol. The number of nitrogens with zero attached hydrogens (tertiary/aromatic N) is 2. The lowest BCUT2D eigenvalue weighted by molar-refractivity contribution is 0.0706. The van der Waals surface area contributed by atoms with E-state index in [1.807, 2.05) is 0 Å². The molecule has 0 aliphatic carbocycles. The second kappa shape index (κ2) is 5.05. The van der Waals surface area contributed by atoms with Gasteiger partial charge in [-0.2, -0.15) is 0 Å². The molecule has 0 saturated carbocycles. The van der Waals surface area contributed by atoms with Gasteiger partial charge in [-0.25, -0.2) is 19.1 Å². The first kappa shape index (κ1) is 13.0. The van der Waals surface area contributed by atoms with Crippen LogP contribution in [-0.4, -0.2) is 33.5 Å².